The van der Waals surface area contributed by atoms with Crippen molar-refractivity contribution in [2.75, 3.05) is 0 Å². The van der Waals surface area contributed by atoms with Gasteiger partial charge in [-0.2, -0.15) is 5.10 Å². The Bertz CT molecular complexity index is 1140. The molecule has 0 N–H and O–H groups in total. The minimum atomic E-state index is -0.289. The van der Waals surface area contributed by atoms with Gasteiger partial charge in [-0.25, -0.2) is 9.37 Å². The average molecular weight is 367 g/mol. The molecular formula is C18H14FN5OS. The van der Waals surface area contributed by atoms with E-state index in [1.165, 1.54) is 34.7 Å². The number of halogens is 1. The summed E-state index contributed by atoms with van der Waals surface area (Å²) in [6, 6.07) is 9.94. The second-order valence-electron chi connectivity index (χ2n) is 5.67. The summed E-state index contributed by atoms with van der Waals surface area (Å²) in [6.07, 6.45) is 4.76. The topological polar surface area (TPSA) is 65.6 Å². The summed E-state index contributed by atoms with van der Waals surface area (Å²) in [6.45, 7) is 0. The van der Waals surface area contributed by atoms with Crippen LogP contribution in [-0.2, 0) is 12.8 Å². The molecule has 130 valence electrons. The molecule has 3 aromatic heterocycles. The van der Waals surface area contributed by atoms with Gasteiger partial charge in [0.05, 0.1) is 18.1 Å². The molecular weight excluding hydrogens is 353 g/mol. The van der Waals surface area contributed by atoms with Crippen molar-refractivity contribution >= 4 is 22.8 Å². The third kappa shape index (κ3) is 2.99. The van der Waals surface area contributed by atoms with Gasteiger partial charge in [0.15, 0.2) is 10.8 Å². The van der Waals surface area contributed by atoms with Crippen molar-refractivity contribution < 1.29 is 4.39 Å². The lowest BCUT2D eigenvalue weighted by Gasteiger charge is -2.12. The molecule has 3 heterocycles. The number of hydrogen-bond donors (Lipinski definition) is 0. The first-order chi connectivity index (χ1) is 12.6. The Morgan fingerprint density at radius 2 is 2.08 bits per heavy atom. The van der Waals surface area contributed by atoms with Gasteiger partial charge >= 0.3 is 0 Å². The van der Waals surface area contributed by atoms with E-state index in [9.17, 15) is 9.18 Å². The summed E-state index contributed by atoms with van der Waals surface area (Å²) in [5.41, 5.74) is 1.74. The highest BCUT2D eigenvalue weighted by Gasteiger charge is 2.16. The fourth-order valence-corrected chi connectivity index (χ4v) is 3.59. The van der Waals surface area contributed by atoms with Gasteiger partial charge in [0.25, 0.3) is 5.56 Å². The van der Waals surface area contributed by atoms with Crippen molar-refractivity contribution in [3.8, 4) is 5.69 Å². The third-order valence-electron chi connectivity index (χ3n) is 3.89. The maximum atomic E-state index is 13.4. The van der Waals surface area contributed by atoms with Crippen LogP contribution in [0.3, 0.4) is 0 Å². The minimum absolute atomic E-state index is 0.210. The fourth-order valence-electron chi connectivity index (χ4n) is 2.65. The molecule has 0 amide bonds. The van der Waals surface area contributed by atoms with Crippen LogP contribution in [0.4, 0.5) is 4.39 Å². The zero-order valence-electron chi connectivity index (χ0n) is 13.8. The van der Waals surface area contributed by atoms with Gasteiger partial charge in [-0.1, -0.05) is 23.9 Å². The van der Waals surface area contributed by atoms with E-state index >= 15 is 0 Å². The molecule has 0 spiro atoms. The van der Waals surface area contributed by atoms with Crippen LogP contribution >= 0.6 is 11.8 Å². The molecule has 4 rings (SSSR count). The third-order valence-corrected chi connectivity index (χ3v) is 4.90. The predicted molar refractivity (Wildman–Crippen MR) is 97.9 cm³/mol. The summed E-state index contributed by atoms with van der Waals surface area (Å²) in [5, 5.41) is 5.07. The Kier molecular flexibility index (Phi) is 4.26. The Morgan fingerprint density at radius 1 is 1.19 bits per heavy atom. The van der Waals surface area contributed by atoms with E-state index < -0.39 is 0 Å². The van der Waals surface area contributed by atoms with Crippen molar-refractivity contribution in [1.29, 1.82) is 0 Å². The predicted octanol–water partition coefficient (Wildman–Crippen LogP) is 2.95. The first kappa shape index (κ1) is 16.5. The normalized spacial score (nSPS) is 11.2. The van der Waals surface area contributed by atoms with Crippen LogP contribution in [0.25, 0.3) is 16.7 Å². The van der Waals surface area contributed by atoms with Gasteiger partial charge < -0.3 is 0 Å². The molecule has 0 fully saturated rings. The van der Waals surface area contributed by atoms with E-state index in [0.717, 1.165) is 5.56 Å². The molecule has 0 aliphatic carbocycles. The van der Waals surface area contributed by atoms with Crippen LogP contribution < -0.4 is 5.56 Å². The quantitative estimate of drug-likeness (QED) is 0.410. The van der Waals surface area contributed by atoms with E-state index in [4.69, 9.17) is 0 Å². The molecule has 0 saturated carbocycles. The number of aryl methyl sites for hydroxylation is 1. The number of aromatic nitrogens is 5. The first-order valence-corrected chi connectivity index (χ1v) is 8.84. The number of fused-ring (bicyclic) bond motifs is 1. The van der Waals surface area contributed by atoms with Gasteiger partial charge in [0, 0.05) is 19.0 Å². The molecule has 0 unspecified atom stereocenters. The number of pyridine rings is 1. The van der Waals surface area contributed by atoms with Gasteiger partial charge in [-0.05, 0) is 29.8 Å². The van der Waals surface area contributed by atoms with Gasteiger partial charge in [-0.15, -0.1) is 0 Å². The monoisotopic (exact) mass is 367 g/mol. The molecule has 6 nitrogen and oxygen atoms in total. The molecule has 1 aromatic carbocycles. The van der Waals surface area contributed by atoms with Gasteiger partial charge in [0.1, 0.15) is 11.2 Å². The van der Waals surface area contributed by atoms with E-state index in [1.54, 1.807) is 42.3 Å². The molecule has 0 atom stereocenters. The molecule has 0 aliphatic heterocycles. The SMILES string of the molecule is Cn1ncc2c(=O)n(-c3cccnc3)c(SCc3cccc(F)c3)nc21. The van der Waals surface area contributed by atoms with Crippen LogP contribution in [0, 0.1) is 5.82 Å². The second-order valence-corrected chi connectivity index (χ2v) is 6.61. The highest BCUT2D eigenvalue weighted by molar-refractivity contribution is 7.98. The van der Waals surface area contributed by atoms with Crippen LogP contribution in [0.1, 0.15) is 5.56 Å². The van der Waals surface area contributed by atoms with Crippen LogP contribution in [-0.4, -0.2) is 24.3 Å². The highest BCUT2D eigenvalue weighted by atomic mass is 32.2. The van der Waals surface area contributed by atoms with Gasteiger partial charge in [0.2, 0.25) is 0 Å². The number of hydrogen-bond acceptors (Lipinski definition) is 5. The lowest BCUT2D eigenvalue weighted by Crippen LogP contribution is -2.21. The van der Waals surface area contributed by atoms with E-state index in [-0.39, 0.29) is 11.4 Å². The Labute approximate surface area is 152 Å². The molecule has 26 heavy (non-hydrogen) atoms. The second kappa shape index (κ2) is 6.72. The summed E-state index contributed by atoms with van der Waals surface area (Å²) >= 11 is 1.36. The largest absolute Gasteiger partial charge is 0.269 e. The molecule has 4 aromatic rings. The molecule has 0 radical (unpaired) electrons. The van der Waals surface area contributed by atoms with Crippen molar-refractivity contribution in [3.63, 3.8) is 0 Å². The minimum Gasteiger partial charge on any atom is -0.268 e. The molecule has 0 bridgehead atoms. The number of thioether (sulfide) groups is 1. The molecule has 0 saturated heterocycles. The number of nitrogens with zero attached hydrogens (tertiary/aromatic N) is 5. The van der Waals surface area contributed by atoms with Crippen LogP contribution in [0.15, 0.2) is 64.9 Å². The average Bonchev–Trinajstić information content (AvgIpc) is 3.02. The zero-order valence-corrected chi connectivity index (χ0v) is 14.7. The Balaban J connectivity index is 1.83. The summed E-state index contributed by atoms with van der Waals surface area (Å²) < 4.78 is 16.5. The Hall–Kier alpha value is -3.00. The Morgan fingerprint density at radius 3 is 2.85 bits per heavy atom. The number of benzene rings is 1. The number of rotatable bonds is 4. The smallest absolute Gasteiger partial charge is 0.268 e. The lowest BCUT2D eigenvalue weighted by atomic mass is 10.2. The molecule has 0 aliphatic rings. The first-order valence-electron chi connectivity index (χ1n) is 7.86. The highest BCUT2D eigenvalue weighted by Crippen LogP contribution is 2.24. The van der Waals surface area contributed by atoms with Crippen molar-refractivity contribution in [3.05, 3.63) is 76.7 Å². The zero-order chi connectivity index (χ0) is 18.1. The standard InChI is InChI=1S/C18H14FN5OS/c1-23-16-15(10-21-23)17(25)24(14-6-3-7-20-9-14)18(22-16)26-11-12-4-2-5-13(19)8-12/h2-10H,11H2,1H3. The van der Waals surface area contributed by atoms with Crippen LogP contribution in [0.5, 0.6) is 0 Å². The lowest BCUT2D eigenvalue weighted by molar-refractivity contribution is 0.626. The van der Waals surface area contributed by atoms with Crippen molar-refractivity contribution in [2.45, 2.75) is 10.9 Å². The summed E-state index contributed by atoms with van der Waals surface area (Å²) in [4.78, 5) is 21.7. The molecule has 8 heteroatoms. The summed E-state index contributed by atoms with van der Waals surface area (Å²) in [7, 11) is 1.74. The van der Waals surface area contributed by atoms with Crippen LogP contribution in [0.2, 0.25) is 0 Å². The maximum Gasteiger partial charge on any atom is 0.269 e. The fraction of sp³-hybridized carbons (Fsp3) is 0.111. The summed E-state index contributed by atoms with van der Waals surface area (Å²) in [5.74, 6) is 0.191. The van der Waals surface area contributed by atoms with E-state index in [0.29, 0.717) is 27.6 Å². The van der Waals surface area contributed by atoms with Crippen molar-refractivity contribution in [2.24, 2.45) is 7.05 Å². The van der Waals surface area contributed by atoms with Crippen molar-refractivity contribution in [1.82, 2.24) is 24.3 Å². The maximum absolute atomic E-state index is 13.4. The van der Waals surface area contributed by atoms with E-state index in [1.807, 2.05) is 6.07 Å². The van der Waals surface area contributed by atoms with Gasteiger partial charge in [-0.3, -0.25) is 19.0 Å². The van der Waals surface area contributed by atoms with E-state index in [2.05, 4.69) is 15.1 Å².